The first-order valence-corrected chi connectivity index (χ1v) is 14.9. The minimum Gasteiger partial charge on any atom is -0.361 e. The molecule has 6 rings (SSSR count). The molecule has 0 saturated heterocycles. The third-order valence-corrected chi connectivity index (χ3v) is 8.14. The van der Waals surface area contributed by atoms with Crippen molar-refractivity contribution in [2.45, 2.75) is 17.1 Å². The van der Waals surface area contributed by atoms with E-state index >= 15 is 0 Å². The number of rotatable bonds is 9. The van der Waals surface area contributed by atoms with Gasteiger partial charge in [0.15, 0.2) is 0 Å². The van der Waals surface area contributed by atoms with Gasteiger partial charge in [-0.2, -0.15) is 0 Å². The van der Waals surface area contributed by atoms with Crippen LogP contribution in [0.4, 0.5) is 11.4 Å². The fourth-order valence-electron chi connectivity index (χ4n) is 4.78. The van der Waals surface area contributed by atoms with Crippen LogP contribution in [0.15, 0.2) is 126 Å². The third kappa shape index (κ3) is 6.58. The Morgan fingerprint density at radius 1 is 0.773 bits per heavy atom. The predicted octanol–water partition coefficient (Wildman–Crippen LogP) is 7.18. The third-order valence-electron chi connectivity index (χ3n) is 7.05. The van der Waals surface area contributed by atoms with E-state index in [1.807, 2.05) is 79.9 Å². The number of carbonyl (C=O) groups is 3. The quantitative estimate of drug-likeness (QED) is 0.0894. The molecule has 0 spiro atoms. The largest absolute Gasteiger partial charge is 0.361 e. The van der Waals surface area contributed by atoms with Crippen LogP contribution in [0.1, 0.15) is 22.8 Å². The first kappa shape index (κ1) is 28.6. The lowest BCUT2D eigenvalue weighted by molar-refractivity contribution is -0.115. The Morgan fingerprint density at radius 3 is 2.43 bits per heavy atom. The van der Waals surface area contributed by atoms with Crippen molar-refractivity contribution in [3.05, 3.63) is 132 Å². The van der Waals surface area contributed by atoms with Gasteiger partial charge in [-0.3, -0.25) is 14.4 Å². The molecule has 2 heterocycles. The molecule has 0 aliphatic heterocycles. The average Bonchev–Trinajstić information content (AvgIpc) is 3.68. The van der Waals surface area contributed by atoms with E-state index in [1.54, 1.807) is 48.7 Å². The molecule has 4 aromatic carbocycles. The topological polar surface area (TPSA) is 119 Å². The summed E-state index contributed by atoms with van der Waals surface area (Å²) in [5, 5.41) is 10.3. The Hall–Kier alpha value is -5.54. The number of aromatic nitrogens is 2. The summed E-state index contributed by atoms with van der Waals surface area (Å²) in [6.07, 6.45) is 5.32. The summed E-state index contributed by atoms with van der Waals surface area (Å²) >= 11 is 1.38. The molecular weight excluding hydrogens is 570 g/mol. The van der Waals surface area contributed by atoms with Gasteiger partial charge in [0.2, 0.25) is 5.91 Å². The van der Waals surface area contributed by atoms with E-state index in [0.29, 0.717) is 16.9 Å². The molecule has 0 aliphatic carbocycles. The number of aromatic amines is 2. The second-order valence-electron chi connectivity index (χ2n) is 10.2. The summed E-state index contributed by atoms with van der Waals surface area (Å²) in [6.45, 7) is 1.83. The Kier molecular flexibility index (Phi) is 8.29. The molecular formula is C35H29N5O3S. The van der Waals surface area contributed by atoms with Crippen LogP contribution in [0.25, 0.3) is 27.9 Å². The van der Waals surface area contributed by atoms with Crippen LogP contribution in [0.3, 0.4) is 0 Å². The number of carbonyl (C=O) groups excluding carboxylic acids is 3. The van der Waals surface area contributed by atoms with Crippen LogP contribution in [0.5, 0.6) is 0 Å². The second kappa shape index (κ2) is 12.8. The number of hydrogen-bond donors (Lipinski definition) is 5. The number of amides is 3. The van der Waals surface area contributed by atoms with Gasteiger partial charge in [0.05, 0.1) is 5.25 Å². The van der Waals surface area contributed by atoms with Gasteiger partial charge in [0.1, 0.15) is 5.70 Å². The number of thioether (sulfide) groups is 1. The van der Waals surface area contributed by atoms with Gasteiger partial charge >= 0.3 is 0 Å². The summed E-state index contributed by atoms with van der Waals surface area (Å²) in [6, 6.07) is 31.4. The molecule has 8 nitrogen and oxygen atoms in total. The van der Waals surface area contributed by atoms with Crippen LogP contribution >= 0.6 is 11.8 Å². The van der Waals surface area contributed by atoms with E-state index < -0.39 is 17.1 Å². The summed E-state index contributed by atoms with van der Waals surface area (Å²) in [5.74, 6) is -1.01. The van der Waals surface area contributed by atoms with Crippen LogP contribution in [-0.2, 0) is 9.59 Å². The minimum atomic E-state index is -0.479. The lowest BCUT2D eigenvalue weighted by Crippen LogP contribution is -2.30. The van der Waals surface area contributed by atoms with Gasteiger partial charge in [-0.25, -0.2) is 0 Å². The Labute approximate surface area is 258 Å². The minimum absolute atomic E-state index is 0.0912. The van der Waals surface area contributed by atoms with Crippen molar-refractivity contribution >= 4 is 68.7 Å². The fourth-order valence-corrected chi connectivity index (χ4v) is 5.71. The van der Waals surface area contributed by atoms with Gasteiger partial charge in [0, 0.05) is 56.2 Å². The van der Waals surface area contributed by atoms with Crippen molar-refractivity contribution in [2.24, 2.45) is 0 Å². The van der Waals surface area contributed by atoms with Crippen molar-refractivity contribution in [3.8, 4) is 0 Å². The zero-order valence-corrected chi connectivity index (χ0v) is 24.6. The molecule has 44 heavy (non-hydrogen) atoms. The van der Waals surface area contributed by atoms with E-state index in [2.05, 4.69) is 25.9 Å². The summed E-state index contributed by atoms with van der Waals surface area (Å²) in [7, 11) is 0. The zero-order chi connectivity index (χ0) is 30.5. The maximum atomic E-state index is 13.6. The number of anilines is 2. The van der Waals surface area contributed by atoms with Gasteiger partial charge in [-0.05, 0) is 73.0 Å². The molecule has 2 aromatic heterocycles. The van der Waals surface area contributed by atoms with Crippen molar-refractivity contribution in [1.29, 1.82) is 0 Å². The van der Waals surface area contributed by atoms with Crippen LogP contribution in [-0.4, -0.2) is 32.9 Å². The SMILES string of the molecule is CC(Sc1cccc(NC(=O)/C(=C/c2c[nH]c3ccccc23)NC(=O)c2ccccc2)c1)C(=O)Nc1ccc2cc[nH]c2c1. The highest BCUT2D eigenvalue weighted by Crippen LogP contribution is 2.28. The average molecular weight is 600 g/mol. The van der Waals surface area contributed by atoms with Gasteiger partial charge in [-0.1, -0.05) is 48.5 Å². The molecule has 0 saturated carbocycles. The molecule has 0 bridgehead atoms. The summed E-state index contributed by atoms with van der Waals surface area (Å²) < 4.78 is 0. The Morgan fingerprint density at radius 2 is 1.57 bits per heavy atom. The van der Waals surface area contributed by atoms with E-state index in [4.69, 9.17) is 0 Å². The monoisotopic (exact) mass is 599 g/mol. The highest BCUT2D eigenvalue weighted by molar-refractivity contribution is 8.00. The molecule has 0 aliphatic rings. The zero-order valence-electron chi connectivity index (χ0n) is 23.8. The number of H-pyrrole nitrogens is 2. The van der Waals surface area contributed by atoms with Gasteiger partial charge in [-0.15, -0.1) is 11.8 Å². The lowest BCUT2D eigenvalue weighted by atomic mass is 10.1. The number of benzene rings is 4. The molecule has 0 radical (unpaired) electrons. The normalized spacial score (nSPS) is 12.2. The van der Waals surface area contributed by atoms with Crippen LogP contribution in [0, 0.1) is 0 Å². The molecule has 5 N–H and O–H groups in total. The lowest BCUT2D eigenvalue weighted by Gasteiger charge is -2.14. The van der Waals surface area contributed by atoms with E-state index in [-0.39, 0.29) is 11.6 Å². The van der Waals surface area contributed by atoms with E-state index in [9.17, 15) is 14.4 Å². The standard InChI is InChI=1S/C35H29N5O3S/c1-22(33(41)38-27-15-14-23-16-17-36-31(23)20-27)44-28-11-7-10-26(19-28)39-35(43)32(40-34(42)24-8-3-2-4-9-24)18-25-21-37-30-13-6-5-12-29(25)30/h2-22,36-37H,1H3,(H,38,41)(H,39,43)(H,40,42)/b32-18-. The number of nitrogens with one attached hydrogen (secondary N) is 5. The maximum absolute atomic E-state index is 13.6. The number of hydrogen-bond acceptors (Lipinski definition) is 4. The van der Waals surface area contributed by atoms with Crippen molar-refractivity contribution in [3.63, 3.8) is 0 Å². The first-order chi connectivity index (χ1) is 21.4. The summed E-state index contributed by atoms with van der Waals surface area (Å²) in [4.78, 5) is 46.7. The highest BCUT2D eigenvalue weighted by atomic mass is 32.2. The van der Waals surface area contributed by atoms with Crippen molar-refractivity contribution in [2.75, 3.05) is 10.6 Å². The Balaban J connectivity index is 1.18. The Bertz CT molecular complexity index is 2010. The number of para-hydroxylation sites is 1. The predicted molar refractivity (Wildman–Crippen MR) is 178 cm³/mol. The van der Waals surface area contributed by atoms with Crippen LogP contribution in [0.2, 0.25) is 0 Å². The fraction of sp³-hybridized carbons (Fsp3) is 0.0571. The summed E-state index contributed by atoms with van der Waals surface area (Å²) in [5.41, 5.74) is 4.40. The van der Waals surface area contributed by atoms with Crippen molar-refractivity contribution in [1.82, 2.24) is 15.3 Å². The van der Waals surface area contributed by atoms with Crippen molar-refractivity contribution < 1.29 is 14.4 Å². The highest BCUT2D eigenvalue weighted by Gasteiger charge is 2.18. The second-order valence-corrected chi connectivity index (χ2v) is 11.6. The van der Waals surface area contributed by atoms with Gasteiger partial charge < -0.3 is 25.9 Å². The van der Waals surface area contributed by atoms with Gasteiger partial charge in [0.25, 0.3) is 11.8 Å². The molecule has 0 fully saturated rings. The maximum Gasteiger partial charge on any atom is 0.272 e. The molecule has 3 amide bonds. The number of fused-ring (bicyclic) bond motifs is 2. The van der Waals surface area contributed by atoms with E-state index in [0.717, 1.165) is 32.3 Å². The smallest absolute Gasteiger partial charge is 0.272 e. The first-order valence-electron chi connectivity index (χ1n) is 14.0. The molecule has 9 heteroatoms. The van der Waals surface area contributed by atoms with E-state index in [1.165, 1.54) is 11.8 Å². The molecule has 218 valence electrons. The molecule has 1 unspecified atom stereocenters. The molecule has 1 atom stereocenters. The van der Waals surface area contributed by atoms with Crippen LogP contribution < -0.4 is 16.0 Å². The molecule has 6 aromatic rings.